The zero-order valence-corrected chi connectivity index (χ0v) is 14.9. The summed E-state index contributed by atoms with van der Waals surface area (Å²) < 4.78 is 0. The van der Waals surface area contributed by atoms with Crippen LogP contribution in [-0.4, -0.2) is 10.0 Å². The van der Waals surface area contributed by atoms with Gasteiger partial charge >= 0.3 is 0 Å². The lowest BCUT2D eigenvalue weighted by Gasteiger charge is -2.21. The second-order valence-corrected chi connectivity index (χ2v) is 6.54. The maximum Gasteiger partial charge on any atom is 0.271 e. The van der Waals surface area contributed by atoms with Gasteiger partial charge in [0.25, 0.3) is 5.69 Å². The van der Waals surface area contributed by atoms with Gasteiger partial charge in [-0.25, -0.2) is 0 Å². The Kier molecular flexibility index (Phi) is 3.83. The number of phenolic OH excluding ortho intramolecular Hbond substituents is 1. The number of rotatable bonds is 2. The third-order valence-corrected chi connectivity index (χ3v) is 4.40. The van der Waals surface area contributed by atoms with Crippen molar-refractivity contribution in [3.05, 3.63) is 81.8 Å². The second kappa shape index (κ2) is 6.20. The van der Waals surface area contributed by atoms with Gasteiger partial charge in [0.05, 0.1) is 22.0 Å². The molecule has 3 aromatic carbocycles. The number of hydrogen-bond donors (Lipinski definition) is 2. The average Bonchev–Trinajstić information content (AvgIpc) is 2.98. The first kappa shape index (κ1) is 16.7. The molecule has 0 fully saturated rings. The van der Waals surface area contributed by atoms with Gasteiger partial charge in [0.1, 0.15) is 5.75 Å². The second-order valence-electron chi connectivity index (χ2n) is 6.54. The molecule has 0 radical (unpaired) electrons. The fraction of sp³-hybridized carbons (Fsp3) is 0.0952. The van der Waals surface area contributed by atoms with Crippen LogP contribution in [0.25, 0.3) is 10.8 Å². The van der Waals surface area contributed by atoms with Gasteiger partial charge < -0.3 is 10.4 Å². The quantitative estimate of drug-likeness (QED) is 0.363. The van der Waals surface area contributed by atoms with Crippen molar-refractivity contribution < 1.29 is 10.0 Å². The smallest absolute Gasteiger partial charge is 0.271 e. The Bertz CT molecular complexity index is 1160. The minimum atomic E-state index is -0.412. The van der Waals surface area contributed by atoms with E-state index in [1.165, 1.54) is 12.1 Å². The molecule has 27 heavy (non-hydrogen) atoms. The van der Waals surface area contributed by atoms with E-state index in [0.29, 0.717) is 11.5 Å². The van der Waals surface area contributed by atoms with Crippen LogP contribution in [0.15, 0.2) is 71.7 Å². The minimum Gasteiger partial charge on any atom is -0.507 e. The highest BCUT2D eigenvalue weighted by Crippen LogP contribution is 2.46. The first-order valence-electron chi connectivity index (χ1n) is 8.46. The molecule has 3 aromatic rings. The number of nitrogens with zero attached hydrogens (tertiary/aromatic N) is 2. The van der Waals surface area contributed by atoms with Gasteiger partial charge in [-0.15, -0.1) is 0 Å². The number of allylic oxidation sites excluding steroid dienone is 1. The number of nitro groups is 1. The van der Waals surface area contributed by atoms with Crippen molar-refractivity contribution in [2.45, 2.75) is 13.8 Å². The van der Waals surface area contributed by atoms with Crippen LogP contribution in [0, 0.1) is 10.1 Å². The Hall–Kier alpha value is -3.76. The highest BCUT2D eigenvalue weighted by atomic mass is 16.6. The lowest BCUT2D eigenvalue weighted by molar-refractivity contribution is -0.384. The summed E-state index contributed by atoms with van der Waals surface area (Å²) >= 11 is 0. The van der Waals surface area contributed by atoms with Crippen LogP contribution in [0.5, 0.6) is 5.75 Å². The molecule has 0 amide bonds. The van der Waals surface area contributed by atoms with E-state index in [4.69, 9.17) is 0 Å². The summed E-state index contributed by atoms with van der Waals surface area (Å²) in [6, 6.07) is 15.8. The molecule has 0 aliphatic carbocycles. The SMILES string of the molecule is CC(C)=C=C1Nc2cc([N+](=O)[O-])ccc2N1c1ccc(O)c2ccccc12. The molecule has 0 unspecified atom stereocenters. The van der Waals surface area contributed by atoms with Crippen LogP contribution < -0.4 is 10.2 Å². The van der Waals surface area contributed by atoms with Gasteiger partial charge in [0.2, 0.25) is 0 Å². The lowest BCUT2D eigenvalue weighted by Crippen LogP contribution is -2.14. The molecule has 6 heteroatoms. The Balaban J connectivity index is 2.00. The first-order chi connectivity index (χ1) is 13.0. The molecule has 1 aliphatic rings. The van der Waals surface area contributed by atoms with Crippen molar-refractivity contribution in [1.82, 2.24) is 0 Å². The largest absolute Gasteiger partial charge is 0.507 e. The van der Waals surface area contributed by atoms with Crippen molar-refractivity contribution in [2.24, 2.45) is 0 Å². The zero-order valence-electron chi connectivity index (χ0n) is 14.9. The molecule has 6 nitrogen and oxygen atoms in total. The van der Waals surface area contributed by atoms with Gasteiger partial charge in [-0.2, -0.15) is 0 Å². The summed E-state index contributed by atoms with van der Waals surface area (Å²) in [7, 11) is 0. The summed E-state index contributed by atoms with van der Waals surface area (Å²) in [6.07, 6.45) is 0. The standard InChI is InChI=1S/C21H17N3O3/c1-13(2)11-21-22-17-12-14(24(26)27)7-8-19(17)23(21)18-9-10-20(25)16-6-4-3-5-15(16)18/h3-10,12,22,25H,1-2H3. The molecule has 0 saturated carbocycles. The Labute approximate surface area is 155 Å². The van der Waals surface area contributed by atoms with E-state index in [1.807, 2.05) is 49.1 Å². The normalized spacial score (nSPS) is 12.5. The minimum absolute atomic E-state index is 0.0233. The number of phenols is 1. The van der Waals surface area contributed by atoms with E-state index >= 15 is 0 Å². The topological polar surface area (TPSA) is 78.6 Å². The molecular weight excluding hydrogens is 342 g/mol. The van der Waals surface area contributed by atoms with Crippen molar-refractivity contribution in [3.8, 4) is 5.75 Å². The Morgan fingerprint density at radius 1 is 1.07 bits per heavy atom. The van der Waals surface area contributed by atoms with E-state index in [0.717, 1.165) is 27.7 Å². The highest BCUT2D eigenvalue weighted by Gasteiger charge is 2.28. The van der Waals surface area contributed by atoms with Gasteiger partial charge in [0, 0.05) is 22.9 Å². The first-order valence-corrected chi connectivity index (χ1v) is 8.46. The van der Waals surface area contributed by atoms with Gasteiger partial charge in [0.15, 0.2) is 5.82 Å². The van der Waals surface area contributed by atoms with E-state index in [9.17, 15) is 15.2 Å². The fourth-order valence-corrected chi connectivity index (χ4v) is 3.27. The molecule has 0 atom stereocenters. The molecule has 134 valence electrons. The van der Waals surface area contributed by atoms with Crippen LogP contribution in [0.3, 0.4) is 0 Å². The number of non-ortho nitro benzene ring substituents is 1. The van der Waals surface area contributed by atoms with Gasteiger partial charge in [-0.3, -0.25) is 15.0 Å². The van der Waals surface area contributed by atoms with E-state index in [2.05, 4.69) is 11.0 Å². The molecule has 0 saturated heterocycles. The zero-order chi connectivity index (χ0) is 19.1. The summed E-state index contributed by atoms with van der Waals surface area (Å²) in [4.78, 5) is 12.7. The van der Waals surface area contributed by atoms with Crippen molar-refractivity contribution in [3.63, 3.8) is 0 Å². The summed E-state index contributed by atoms with van der Waals surface area (Å²) in [5.74, 6) is 0.888. The van der Waals surface area contributed by atoms with Crippen molar-refractivity contribution in [2.75, 3.05) is 10.2 Å². The third kappa shape index (κ3) is 2.78. The molecule has 2 N–H and O–H groups in total. The third-order valence-electron chi connectivity index (χ3n) is 4.40. The maximum atomic E-state index is 11.1. The van der Waals surface area contributed by atoms with Crippen LogP contribution in [0.1, 0.15) is 13.8 Å². The number of nitro benzene ring substituents is 1. The molecular formula is C21H17N3O3. The van der Waals surface area contributed by atoms with Crippen LogP contribution >= 0.6 is 0 Å². The number of nitrogens with one attached hydrogen (secondary N) is 1. The van der Waals surface area contributed by atoms with E-state index in [-0.39, 0.29) is 11.4 Å². The lowest BCUT2D eigenvalue weighted by atomic mass is 10.1. The van der Waals surface area contributed by atoms with E-state index < -0.39 is 4.92 Å². The van der Waals surface area contributed by atoms with Crippen molar-refractivity contribution in [1.29, 1.82) is 0 Å². The summed E-state index contributed by atoms with van der Waals surface area (Å²) in [5, 5.41) is 26.2. The molecule has 1 aliphatic heterocycles. The molecule has 4 rings (SSSR count). The Morgan fingerprint density at radius 2 is 1.78 bits per heavy atom. The Morgan fingerprint density at radius 3 is 2.48 bits per heavy atom. The molecule has 0 aromatic heterocycles. The van der Waals surface area contributed by atoms with Crippen LogP contribution in [0.2, 0.25) is 0 Å². The number of benzene rings is 3. The summed E-state index contributed by atoms with van der Waals surface area (Å²) in [5.41, 5.74) is 6.56. The maximum absolute atomic E-state index is 11.1. The monoisotopic (exact) mass is 359 g/mol. The number of hydrogen-bond acceptors (Lipinski definition) is 5. The highest BCUT2D eigenvalue weighted by molar-refractivity contribution is 6.03. The van der Waals surface area contributed by atoms with Crippen molar-refractivity contribution >= 4 is 33.5 Å². The van der Waals surface area contributed by atoms with Crippen LogP contribution in [-0.2, 0) is 0 Å². The van der Waals surface area contributed by atoms with Crippen LogP contribution in [0.4, 0.5) is 22.7 Å². The predicted molar refractivity (Wildman–Crippen MR) is 106 cm³/mol. The fourth-order valence-electron chi connectivity index (χ4n) is 3.27. The molecule has 1 heterocycles. The number of aromatic hydroxyl groups is 1. The number of fused-ring (bicyclic) bond motifs is 2. The van der Waals surface area contributed by atoms with Gasteiger partial charge in [-0.05, 0) is 37.6 Å². The molecule has 0 bridgehead atoms. The average molecular weight is 359 g/mol. The number of anilines is 3. The summed E-state index contributed by atoms with van der Waals surface area (Å²) in [6.45, 7) is 3.88. The molecule has 0 spiro atoms. The predicted octanol–water partition coefficient (Wildman–Crippen LogP) is 5.42. The van der Waals surface area contributed by atoms with Gasteiger partial charge in [-0.1, -0.05) is 30.0 Å². The van der Waals surface area contributed by atoms with E-state index in [1.54, 1.807) is 12.1 Å².